The Bertz CT molecular complexity index is 226. The van der Waals surface area contributed by atoms with Gasteiger partial charge in [0, 0.05) is 26.2 Å². The number of hydrogen-bond donors (Lipinski definition) is 2. The van der Waals surface area contributed by atoms with E-state index < -0.39 is 0 Å². The molecule has 1 rings (SSSR count). The van der Waals surface area contributed by atoms with Crippen LogP contribution in [0.4, 0.5) is 0 Å². The third kappa shape index (κ3) is 5.97. The van der Waals surface area contributed by atoms with Crippen LogP contribution in [0.2, 0.25) is 0 Å². The molecule has 0 aromatic heterocycles. The molecule has 0 aliphatic carbocycles. The van der Waals surface area contributed by atoms with Crippen molar-refractivity contribution in [3.8, 4) is 0 Å². The first kappa shape index (κ1) is 14.4. The van der Waals surface area contributed by atoms with Crippen LogP contribution in [-0.2, 0) is 14.3 Å². The molecule has 0 bridgehead atoms. The number of carbonyl (C=O) groups is 1. The predicted octanol–water partition coefficient (Wildman–Crippen LogP) is -1.20. The normalized spacial score (nSPS) is 21.4. The summed E-state index contributed by atoms with van der Waals surface area (Å²) in [5.41, 5.74) is 5.25. The van der Waals surface area contributed by atoms with E-state index in [-0.39, 0.29) is 18.6 Å². The van der Waals surface area contributed by atoms with E-state index >= 15 is 0 Å². The number of morpholine rings is 1. The van der Waals surface area contributed by atoms with Crippen molar-refractivity contribution in [2.75, 3.05) is 52.5 Å². The van der Waals surface area contributed by atoms with Crippen molar-refractivity contribution in [1.82, 2.24) is 10.2 Å². The summed E-state index contributed by atoms with van der Waals surface area (Å²) in [5.74, 6) is -0.115. The van der Waals surface area contributed by atoms with E-state index in [2.05, 4.69) is 17.1 Å². The summed E-state index contributed by atoms with van der Waals surface area (Å²) in [6, 6.07) is 0. The van der Waals surface area contributed by atoms with E-state index in [0.717, 1.165) is 26.2 Å². The van der Waals surface area contributed by atoms with E-state index in [0.29, 0.717) is 19.7 Å². The Labute approximate surface area is 102 Å². The Morgan fingerprint density at radius 3 is 3.18 bits per heavy atom. The van der Waals surface area contributed by atoms with Crippen LogP contribution in [0.15, 0.2) is 0 Å². The van der Waals surface area contributed by atoms with Gasteiger partial charge in [0.05, 0.1) is 19.3 Å². The molecule has 17 heavy (non-hydrogen) atoms. The molecular weight excluding hydrogens is 222 g/mol. The van der Waals surface area contributed by atoms with Crippen LogP contribution in [0.25, 0.3) is 0 Å². The average molecular weight is 245 g/mol. The van der Waals surface area contributed by atoms with E-state index in [1.807, 2.05) is 0 Å². The highest BCUT2D eigenvalue weighted by atomic mass is 16.5. The topological polar surface area (TPSA) is 76.8 Å². The molecule has 0 spiro atoms. The minimum Gasteiger partial charge on any atom is -0.374 e. The number of nitrogens with one attached hydrogen (secondary N) is 1. The van der Waals surface area contributed by atoms with Crippen LogP contribution in [0, 0.1) is 0 Å². The molecule has 1 aliphatic rings. The van der Waals surface area contributed by atoms with Crippen LogP contribution in [0.5, 0.6) is 0 Å². The zero-order chi connectivity index (χ0) is 12.5. The molecular formula is C11H23N3O3. The van der Waals surface area contributed by atoms with E-state index in [9.17, 15) is 4.79 Å². The highest BCUT2D eigenvalue weighted by molar-refractivity contribution is 5.77. The second-order valence-electron chi connectivity index (χ2n) is 4.03. The lowest BCUT2D eigenvalue weighted by Gasteiger charge is -2.32. The van der Waals surface area contributed by atoms with Crippen LogP contribution < -0.4 is 11.1 Å². The smallest absolute Gasteiger partial charge is 0.246 e. The van der Waals surface area contributed by atoms with Gasteiger partial charge in [-0.3, -0.25) is 9.69 Å². The van der Waals surface area contributed by atoms with Gasteiger partial charge in [-0.25, -0.2) is 0 Å². The molecule has 1 saturated heterocycles. The molecule has 1 heterocycles. The van der Waals surface area contributed by atoms with Crippen LogP contribution in [0.1, 0.15) is 6.92 Å². The van der Waals surface area contributed by atoms with E-state index in [4.69, 9.17) is 15.2 Å². The Hall–Kier alpha value is -0.690. The minimum atomic E-state index is -0.115. The zero-order valence-corrected chi connectivity index (χ0v) is 10.5. The molecule has 0 aromatic carbocycles. The summed E-state index contributed by atoms with van der Waals surface area (Å²) < 4.78 is 10.6. The third-order valence-electron chi connectivity index (χ3n) is 2.69. The Morgan fingerprint density at radius 2 is 2.47 bits per heavy atom. The lowest BCUT2D eigenvalue weighted by atomic mass is 10.2. The number of nitrogens with zero attached hydrogens (tertiary/aromatic N) is 1. The second-order valence-corrected chi connectivity index (χ2v) is 4.03. The number of nitrogens with two attached hydrogens (primary N) is 1. The number of rotatable bonds is 7. The molecule has 1 amide bonds. The average Bonchev–Trinajstić information content (AvgIpc) is 2.37. The van der Waals surface area contributed by atoms with Gasteiger partial charge < -0.3 is 20.5 Å². The van der Waals surface area contributed by atoms with Crippen molar-refractivity contribution in [3.63, 3.8) is 0 Å². The standard InChI is InChI=1S/C11H23N3O3/c1-2-14-4-6-17-10(8-14)7-13-11(15)9-16-5-3-12/h10H,2-9,12H2,1H3,(H,13,15). The minimum absolute atomic E-state index is 0.0708. The fourth-order valence-electron chi connectivity index (χ4n) is 1.72. The van der Waals surface area contributed by atoms with Crippen molar-refractivity contribution in [1.29, 1.82) is 0 Å². The second kappa shape index (κ2) is 8.41. The number of amides is 1. The molecule has 6 nitrogen and oxygen atoms in total. The van der Waals surface area contributed by atoms with Crippen molar-refractivity contribution < 1.29 is 14.3 Å². The highest BCUT2D eigenvalue weighted by Crippen LogP contribution is 2.03. The molecule has 100 valence electrons. The molecule has 1 atom stereocenters. The first-order chi connectivity index (χ1) is 8.26. The maximum atomic E-state index is 11.4. The fraction of sp³-hybridized carbons (Fsp3) is 0.909. The molecule has 0 radical (unpaired) electrons. The van der Waals surface area contributed by atoms with E-state index in [1.165, 1.54) is 0 Å². The number of likely N-dealkylation sites (N-methyl/N-ethyl adjacent to an activating group) is 1. The van der Waals surface area contributed by atoms with Gasteiger partial charge in [-0.15, -0.1) is 0 Å². The maximum Gasteiger partial charge on any atom is 0.246 e. The van der Waals surface area contributed by atoms with Gasteiger partial charge in [0.15, 0.2) is 0 Å². The Kier molecular flexibility index (Phi) is 7.11. The molecule has 0 saturated carbocycles. The number of hydrogen-bond acceptors (Lipinski definition) is 5. The lowest BCUT2D eigenvalue weighted by molar-refractivity contribution is -0.126. The van der Waals surface area contributed by atoms with Crippen molar-refractivity contribution in [2.24, 2.45) is 5.73 Å². The van der Waals surface area contributed by atoms with E-state index in [1.54, 1.807) is 0 Å². The largest absolute Gasteiger partial charge is 0.374 e. The first-order valence-corrected chi connectivity index (χ1v) is 6.14. The third-order valence-corrected chi connectivity index (χ3v) is 2.69. The summed E-state index contributed by atoms with van der Waals surface area (Å²) in [5, 5.41) is 2.80. The van der Waals surface area contributed by atoms with Gasteiger partial charge in [-0.1, -0.05) is 6.92 Å². The first-order valence-electron chi connectivity index (χ1n) is 6.14. The van der Waals surface area contributed by atoms with Gasteiger partial charge in [0.2, 0.25) is 5.91 Å². The van der Waals surface area contributed by atoms with Crippen LogP contribution in [0.3, 0.4) is 0 Å². The van der Waals surface area contributed by atoms with Crippen molar-refractivity contribution in [3.05, 3.63) is 0 Å². The molecule has 3 N–H and O–H groups in total. The molecule has 0 aromatic rings. The summed E-state index contributed by atoms with van der Waals surface area (Å²) in [4.78, 5) is 13.7. The summed E-state index contributed by atoms with van der Waals surface area (Å²) >= 11 is 0. The maximum absolute atomic E-state index is 11.4. The molecule has 6 heteroatoms. The van der Waals surface area contributed by atoms with Crippen molar-refractivity contribution in [2.45, 2.75) is 13.0 Å². The van der Waals surface area contributed by atoms with Crippen LogP contribution in [-0.4, -0.2) is 69.5 Å². The molecule has 1 unspecified atom stereocenters. The highest BCUT2D eigenvalue weighted by Gasteiger charge is 2.19. The predicted molar refractivity (Wildman–Crippen MR) is 64.7 cm³/mol. The molecule has 1 aliphatic heterocycles. The monoisotopic (exact) mass is 245 g/mol. The van der Waals surface area contributed by atoms with Crippen molar-refractivity contribution >= 4 is 5.91 Å². The quantitative estimate of drug-likeness (QED) is 0.551. The van der Waals surface area contributed by atoms with Gasteiger partial charge in [-0.05, 0) is 6.54 Å². The zero-order valence-electron chi connectivity index (χ0n) is 10.5. The Morgan fingerprint density at radius 1 is 1.65 bits per heavy atom. The number of carbonyl (C=O) groups excluding carboxylic acids is 1. The Balaban J connectivity index is 2.10. The lowest BCUT2D eigenvalue weighted by Crippen LogP contribution is -2.47. The summed E-state index contributed by atoms with van der Waals surface area (Å²) in [6.07, 6.45) is 0.0853. The van der Waals surface area contributed by atoms with Crippen LogP contribution >= 0.6 is 0 Å². The van der Waals surface area contributed by atoms with Gasteiger partial charge in [0.1, 0.15) is 6.61 Å². The summed E-state index contributed by atoms with van der Waals surface area (Å²) in [6.45, 7) is 7.19. The van der Waals surface area contributed by atoms with Gasteiger partial charge in [-0.2, -0.15) is 0 Å². The van der Waals surface area contributed by atoms with Gasteiger partial charge in [0.25, 0.3) is 0 Å². The molecule has 1 fully saturated rings. The number of ether oxygens (including phenoxy) is 2. The fourth-order valence-corrected chi connectivity index (χ4v) is 1.72. The summed E-state index contributed by atoms with van der Waals surface area (Å²) in [7, 11) is 0. The van der Waals surface area contributed by atoms with Gasteiger partial charge >= 0.3 is 0 Å². The SMILES string of the molecule is CCN1CCOC(CNC(=O)COCCN)C1.